The van der Waals surface area contributed by atoms with Crippen LogP contribution in [0, 0.1) is 0 Å². The van der Waals surface area contributed by atoms with Crippen LogP contribution in [0.3, 0.4) is 0 Å². The van der Waals surface area contributed by atoms with E-state index < -0.39 is 18.1 Å². The summed E-state index contributed by atoms with van der Waals surface area (Å²) in [7, 11) is 0. The fourth-order valence-electron chi connectivity index (χ4n) is 1.99. The molecule has 1 amide bonds. The van der Waals surface area contributed by atoms with Gasteiger partial charge in [-0.15, -0.1) is 18.3 Å². The lowest BCUT2D eigenvalue weighted by atomic mass is 10.1. The van der Waals surface area contributed by atoms with Crippen LogP contribution >= 0.6 is 11.8 Å². The van der Waals surface area contributed by atoms with Crippen molar-refractivity contribution in [3.8, 4) is 0 Å². The minimum Gasteiger partial charge on any atom is -0.480 e. The molecule has 0 saturated carbocycles. The zero-order valence-corrected chi connectivity index (χ0v) is 11.4. The van der Waals surface area contributed by atoms with E-state index in [1.807, 2.05) is 6.92 Å². The number of carbonyl (C=O) groups excluding carboxylic acids is 1. The van der Waals surface area contributed by atoms with Gasteiger partial charge in [-0.2, -0.15) is 0 Å². The Morgan fingerprint density at radius 2 is 2.33 bits per heavy atom. The summed E-state index contributed by atoms with van der Waals surface area (Å²) in [6, 6.07) is -1.45. The van der Waals surface area contributed by atoms with Crippen LogP contribution in [-0.2, 0) is 9.59 Å². The van der Waals surface area contributed by atoms with Crippen LogP contribution in [0.25, 0.3) is 0 Å². The average Bonchev–Trinajstić information content (AvgIpc) is 2.72. The Bertz CT molecular complexity index is 335. The molecule has 1 saturated heterocycles. The quantitative estimate of drug-likeness (QED) is 0.706. The minimum absolute atomic E-state index is 0.0699. The van der Waals surface area contributed by atoms with Crippen LogP contribution in [0.4, 0.5) is 0 Å². The second-order valence-corrected chi connectivity index (χ2v) is 5.52. The molecule has 18 heavy (non-hydrogen) atoms. The number of carboxylic acids is 1. The number of carbonyl (C=O) groups is 2. The van der Waals surface area contributed by atoms with E-state index in [1.165, 1.54) is 16.7 Å². The largest absolute Gasteiger partial charge is 0.480 e. The molecule has 0 aliphatic carbocycles. The number of aliphatic carboxylic acids is 1. The van der Waals surface area contributed by atoms with E-state index in [1.54, 1.807) is 6.08 Å². The van der Waals surface area contributed by atoms with Gasteiger partial charge in [-0.25, -0.2) is 4.79 Å². The molecule has 5 nitrogen and oxygen atoms in total. The highest BCUT2D eigenvalue weighted by molar-refractivity contribution is 8.00. The van der Waals surface area contributed by atoms with Crippen molar-refractivity contribution in [2.75, 3.05) is 5.75 Å². The van der Waals surface area contributed by atoms with Crippen LogP contribution in [-0.4, -0.2) is 45.1 Å². The molecular weight excluding hydrogens is 252 g/mol. The number of nitrogens with zero attached hydrogens (tertiary/aromatic N) is 1. The smallest absolute Gasteiger partial charge is 0.327 e. The zero-order valence-electron chi connectivity index (χ0n) is 10.5. The summed E-state index contributed by atoms with van der Waals surface area (Å²) >= 11 is 1.52. The summed E-state index contributed by atoms with van der Waals surface area (Å²) in [5.74, 6) is -0.807. The normalized spacial score (nSPS) is 24.9. The van der Waals surface area contributed by atoms with Gasteiger partial charge in [0.1, 0.15) is 6.04 Å². The number of nitrogens with two attached hydrogens (primary N) is 1. The number of hydrogen-bond donors (Lipinski definition) is 2. The van der Waals surface area contributed by atoms with Crippen molar-refractivity contribution in [1.29, 1.82) is 0 Å². The van der Waals surface area contributed by atoms with Crippen molar-refractivity contribution in [3.63, 3.8) is 0 Å². The van der Waals surface area contributed by atoms with Crippen LogP contribution < -0.4 is 5.73 Å². The van der Waals surface area contributed by atoms with Gasteiger partial charge in [0.15, 0.2) is 0 Å². The lowest BCUT2D eigenvalue weighted by Gasteiger charge is -2.29. The predicted octanol–water partition coefficient (Wildman–Crippen LogP) is 1.04. The first kappa shape index (κ1) is 15.0. The highest BCUT2D eigenvalue weighted by Crippen LogP contribution is 2.32. The summed E-state index contributed by atoms with van der Waals surface area (Å²) in [6.07, 6.45) is 3.65. The number of thioether (sulfide) groups is 1. The molecule has 1 aliphatic heterocycles. The Kier molecular flexibility index (Phi) is 5.68. The van der Waals surface area contributed by atoms with Gasteiger partial charge < -0.3 is 15.7 Å². The summed E-state index contributed by atoms with van der Waals surface area (Å²) in [4.78, 5) is 24.8. The van der Waals surface area contributed by atoms with E-state index in [-0.39, 0.29) is 11.3 Å². The summed E-state index contributed by atoms with van der Waals surface area (Å²) < 4.78 is 0. The molecule has 0 aromatic carbocycles. The molecule has 6 heteroatoms. The third-order valence-electron chi connectivity index (χ3n) is 2.91. The maximum Gasteiger partial charge on any atom is 0.327 e. The Morgan fingerprint density at radius 3 is 2.83 bits per heavy atom. The highest BCUT2D eigenvalue weighted by atomic mass is 32.2. The highest BCUT2D eigenvalue weighted by Gasteiger charge is 2.42. The first-order chi connectivity index (χ1) is 8.52. The molecular formula is C12H20N2O3S. The van der Waals surface area contributed by atoms with Gasteiger partial charge in [0, 0.05) is 5.75 Å². The topological polar surface area (TPSA) is 83.6 Å². The fourth-order valence-corrected chi connectivity index (χ4v) is 3.51. The lowest BCUT2D eigenvalue weighted by Crippen LogP contribution is -2.51. The molecule has 102 valence electrons. The van der Waals surface area contributed by atoms with Gasteiger partial charge >= 0.3 is 5.97 Å². The summed E-state index contributed by atoms with van der Waals surface area (Å²) in [5, 5.41) is 9.09. The van der Waals surface area contributed by atoms with E-state index in [0.717, 1.165) is 12.8 Å². The molecule has 0 aromatic heterocycles. The number of amides is 1. The summed E-state index contributed by atoms with van der Waals surface area (Å²) in [6.45, 7) is 5.56. The fraction of sp³-hybridized carbons (Fsp3) is 0.667. The average molecular weight is 272 g/mol. The summed E-state index contributed by atoms with van der Waals surface area (Å²) in [5.41, 5.74) is 5.76. The Balaban J connectivity index is 2.85. The molecule has 0 aromatic rings. The molecule has 0 bridgehead atoms. The molecule has 0 radical (unpaired) electrons. The van der Waals surface area contributed by atoms with E-state index in [2.05, 4.69) is 6.58 Å². The number of hydrogen-bond acceptors (Lipinski definition) is 4. The molecule has 3 unspecified atom stereocenters. The standard InChI is InChI=1S/C12H20N2O3S/c1-3-5-8(13)11(15)14-9(12(16)17)7-18-10(14)6-4-2/h3,8-10H,1,4-7,13H2,2H3,(H,16,17). The number of carboxylic acid groups (broad SMARTS) is 1. The Morgan fingerprint density at radius 1 is 1.67 bits per heavy atom. The van der Waals surface area contributed by atoms with Gasteiger partial charge in [-0.1, -0.05) is 19.4 Å². The van der Waals surface area contributed by atoms with Gasteiger partial charge in [-0.3, -0.25) is 4.79 Å². The Hall–Kier alpha value is -1.01. The molecule has 1 aliphatic rings. The van der Waals surface area contributed by atoms with Crippen LogP contribution in [0.15, 0.2) is 12.7 Å². The lowest BCUT2D eigenvalue weighted by molar-refractivity contribution is -0.149. The van der Waals surface area contributed by atoms with Crippen molar-refractivity contribution >= 4 is 23.6 Å². The second kappa shape index (κ2) is 6.80. The molecule has 3 N–H and O–H groups in total. The van der Waals surface area contributed by atoms with Crippen molar-refractivity contribution in [2.45, 2.75) is 43.6 Å². The molecule has 1 heterocycles. The predicted molar refractivity (Wildman–Crippen MR) is 72.2 cm³/mol. The Labute approximate surface area is 111 Å². The van der Waals surface area contributed by atoms with Crippen LogP contribution in [0.5, 0.6) is 0 Å². The van der Waals surface area contributed by atoms with Gasteiger partial charge in [0.05, 0.1) is 11.4 Å². The van der Waals surface area contributed by atoms with Crippen molar-refractivity contribution in [1.82, 2.24) is 4.90 Å². The van der Waals surface area contributed by atoms with Gasteiger partial charge in [-0.05, 0) is 12.8 Å². The maximum atomic E-state index is 12.2. The van der Waals surface area contributed by atoms with Crippen molar-refractivity contribution in [3.05, 3.63) is 12.7 Å². The monoisotopic (exact) mass is 272 g/mol. The minimum atomic E-state index is -0.958. The van der Waals surface area contributed by atoms with E-state index in [4.69, 9.17) is 10.8 Å². The zero-order chi connectivity index (χ0) is 13.7. The van der Waals surface area contributed by atoms with E-state index >= 15 is 0 Å². The molecule has 3 atom stereocenters. The van der Waals surface area contributed by atoms with E-state index in [9.17, 15) is 9.59 Å². The van der Waals surface area contributed by atoms with Crippen LogP contribution in [0.2, 0.25) is 0 Å². The molecule has 1 rings (SSSR count). The third-order valence-corrected chi connectivity index (χ3v) is 4.26. The number of rotatable bonds is 6. The van der Waals surface area contributed by atoms with Crippen molar-refractivity contribution in [2.24, 2.45) is 5.73 Å². The van der Waals surface area contributed by atoms with Crippen molar-refractivity contribution < 1.29 is 14.7 Å². The third kappa shape index (κ3) is 3.26. The maximum absolute atomic E-state index is 12.2. The van der Waals surface area contributed by atoms with Gasteiger partial charge in [0.25, 0.3) is 0 Å². The SMILES string of the molecule is C=CCC(N)C(=O)N1C(CCC)SCC1C(=O)O. The second-order valence-electron chi connectivity index (χ2n) is 4.31. The molecule has 0 spiro atoms. The van der Waals surface area contributed by atoms with E-state index in [0.29, 0.717) is 12.2 Å². The first-order valence-corrected chi connectivity index (χ1v) is 7.10. The van der Waals surface area contributed by atoms with Gasteiger partial charge in [0.2, 0.25) is 5.91 Å². The van der Waals surface area contributed by atoms with Crippen LogP contribution in [0.1, 0.15) is 26.2 Å². The molecule has 1 fully saturated rings. The first-order valence-electron chi connectivity index (χ1n) is 6.06.